The Morgan fingerprint density at radius 2 is 1.76 bits per heavy atom. The van der Waals surface area contributed by atoms with E-state index in [4.69, 9.17) is 21.1 Å². The maximum atomic E-state index is 11.4. The van der Waals surface area contributed by atoms with E-state index in [0.717, 1.165) is 0 Å². The van der Waals surface area contributed by atoms with E-state index in [-0.39, 0.29) is 5.75 Å². The number of fused-ring (bicyclic) bond motifs is 1. The zero-order valence-electron chi connectivity index (χ0n) is 13.7. The summed E-state index contributed by atoms with van der Waals surface area (Å²) >= 11 is 6.01. The number of hydrogen-bond donors (Lipinski definition) is 0. The van der Waals surface area contributed by atoms with Crippen LogP contribution in [0.5, 0.6) is 11.5 Å². The van der Waals surface area contributed by atoms with Crippen LogP contribution in [0.4, 0.5) is 0 Å². The zero-order valence-corrected chi connectivity index (χ0v) is 14.5. The van der Waals surface area contributed by atoms with Gasteiger partial charge in [0.2, 0.25) is 0 Å². The van der Waals surface area contributed by atoms with Crippen molar-refractivity contribution in [2.75, 3.05) is 0 Å². The summed E-state index contributed by atoms with van der Waals surface area (Å²) in [6.07, 6.45) is 3.03. The van der Waals surface area contributed by atoms with E-state index in [1.54, 1.807) is 29.9 Å². The summed E-state index contributed by atoms with van der Waals surface area (Å²) in [6, 6.07) is 4.87. The van der Waals surface area contributed by atoms with Crippen LogP contribution >= 0.6 is 11.6 Å². The molecule has 0 unspecified atom stereocenters. The Bertz CT molecular complexity index is 997. The lowest BCUT2D eigenvalue weighted by Crippen LogP contribution is -2.04. The van der Waals surface area contributed by atoms with Crippen molar-refractivity contribution < 1.29 is 19.1 Å². The number of benzene rings is 1. The summed E-state index contributed by atoms with van der Waals surface area (Å²) in [7, 11) is 1.78. The van der Waals surface area contributed by atoms with Gasteiger partial charge >= 0.3 is 11.9 Å². The van der Waals surface area contributed by atoms with Gasteiger partial charge in [-0.2, -0.15) is 0 Å². The van der Waals surface area contributed by atoms with Crippen LogP contribution < -0.4 is 9.47 Å². The number of aryl methyl sites for hydroxylation is 1. The largest absolute Gasteiger partial charge is 0.426 e. The fraction of sp³-hybridized carbons (Fsp3) is 0.176. The van der Waals surface area contributed by atoms with Gasteiger partial charge in [0.15, 0.2) is 5.75 Å². The second kappa shape index (κ2) is 6.52. The fourth-order valence-corrected chi connectivity index (χ4v) is 2.70. The van der Waals surface area contributed by atoms with Crippen LogP contribution in [0.2, 0.25) is 5.02 Å². The quantitative estimate of drug-likeness (QED) is 0.527. The van der Waals surface area contributed by atoms with Crippen LogP contribution in [-0.2, 0) is 16.6 Å². The standard InChI is InChI=1S/C17H14ClN3O4/c1-9(22)24-13-6-11(18)4-5-12(13)16-15-14(25-10(2)23)7-21(3)17(15)20-8-19-16/h4-8H,1-3H3. The Morgan fingerprint density at radius 3 is 2.44 bits per heavy atom. The molecule has 0 radical (unpaired) electrons. The lowest BCUT2D eigenvalue weighted by Gasteiger charge is -2.10. The number of aromatic nitrogens is 3. The summed E-state index contributed by atoms with van der Waals surface area (Å²) in [6.45, 7) is 2.61. The van der Waals surface area contributed by atoms with Crippen LogP contribution in [-0.4, -0.2) is 26.5 Å². The highest BCUT2D eigenvalue weighted by molar-refractivity contribution is 6.30. The molecule has 3 rings (SSSR count). The lowest BCUT2D eigenvalue weighted by molar-refractivity contribution is -0.132. The van der Waals surface area contributed by atoms with Crippen molar-refractivity contribution >= 4 is 34.6 Å². The van der Waals surface area contributed by atoms with Crippen LogP contribution in [0.15, 0.2) is 30.7 Å². The molecule has 25 heavy (non-hydrogen) atoms. The zero-order chi connectivity index (χ0) is 18.1. The number of esters is 2. The average Bonchev–Trinajstić information content (AvgIpc) is 2.83. The molecule has 3 aromatic rings. The summed E-state index contributed by atoms with van der Waals surface area (Å²) < 4.78 is 12.3. The first-order chi connectivity index (χ1) is 11.9. The highest BCUT2D eigenvalue weighted by Crippen LogP contribution is 2.39. The van der Waals surface area contributed by atoms with Crippen molar-refractivity contribution in [3.05, 3.63) is 35.7 Å². The number of halogens is 1. The average molecular weight is 360 g/mol. The van der Waals surface area contributed by atoms with Crippen LogP contribution in [0, 0.1) is 0 Å². The van der Waals surface area contributed by atoms with E-state index >= 15 is 0 Å². The minimum Gasteiger partial charge on any atom is -0.426 e. The Kier molecular flexibility index (Phi) is 4.41. The second-order valence-corrected chi connectivity index (χ2v) is 5.79. The number of ether oxygens (including phenoxy) is 2. The third-order valence-electron chi connectivity index (χ3n) is 3.42. The maximum absolute atomic E-state index is 11.4. The van der Waals surface area contributed by atoms with Crippen molar-refractivity contribution in [1.29, 1.82) is 0 Å². The third kappa shape index (κ3) is 3.32. The van der Waals surface area contributed by atoms with Crippen molar-refractivity contribution in [3.8, 4) is 22.8 Å². The number of carbonyl (C=O) groups is 2. The van der Waals surface area contributed by atoms with Gasteiger partial charge < -0.3 is 14.0 Å². The molecule has 128 valence electrons. The van der Waals surface area contributed by atoms with E-state index in [1.807, 2.05) is 0 Å². The van der Waals surface area contributed by atoms with Crippen molar-refractivity contribution in [2.45, 2.75) is 13.8 Å². The molecule has 1 aromatic carbocycles. The Balaban J connectivity index is 2.29. The molecular formula is C17H14ClN3O4. The summed E-state index contributed by atoms with van der Waals surface area (Å²) in [4.78, 5) is 31.4. The minimum absolute atomic E-state index is 0.262. The minimum atomic E-state index is -0.484. The molecule has 2 heterocycles. The molecule has 0 saturated carbocycles. The highest BCUT2D eigenvalue weighted by Gasteiger charge is 2.20. The van der Waals surface area contributed by atoms with E-state index in [9.17, 15) is 9.59 Å². The van der Waals surface area contributed by atoms with E-state index in [1.165, 1.54) is 26.2 Å². The molecule has 0 aliphatic rings. The smallest absolute Gasteiger partial charge is 0.308 e. The SMILES string of the molecule is CC(=O)Oc1cc(Cl)ccc1-c1ncnc2c1c(OC(C)=O)cn2C. The monoisotopic (exact) mass is 359 g/mol. The lowest BCUT2D eigenvalue weighted by atomic mass is 10.1. The normalized spacial score (nSPS) is 10.7. The van der Waals surface area contributed by atoms with Crippen LogP contribution in [0.1, 0.15) is 13.8 Å². The second-order valence-electron chi connectivity index (χ2n) is 5.35. The summed E-state index contributed by atoms with van der Waals surface area (Å²) in [5.74, 6) is -0.359. The first-order valence-electron chi connectivity index (χ1n) is 7.33. The van der Waals surface area contributed by atoms with E-state index in [2.05, 4.69) is 9.97 Å². The topological polar surface area (TPSA) is 83.3 Å². The Hall–Kier alpha value is -2.93. The molecule has 0 aliphatic carbocycles. The maximum Gasteiger partial charge on any atom is 0.308 e. The highest BCUT2D eigenvalue weighted by atomic mass is 35.5. The Morgan fingerprint density at radius 1 is 1.08 bits per heavy atom. The number of hydrogen-bond acceptors (Lipinski definition) is 6. The molecule has 0 fully saturated rings. The van der Waals surface area contributed by atoms with Gasteiger partial charge in [-0.25, -0.2) is 9.97 Å². The molecule has 0 N–H and O–H groups in total. The number of rotatable bonds is 3. The molecule has 0 amide bonds. The molecule has 0 saturated heterocycles. The molecule has 0 atom stereocenters. The van der Waals surface area contributed by atoms with Crippen molar-refractivity contribution in [1.82, 2.24) is 14.5 Å². The molecule has 0 spiro atoms. The predicted molar refractivity (Wildman–Crippen MR) is 91.6 cm³/mol. The molecule has 8 heteroatoms. The van der Waals surface area contributed by atoms with E-state index in [0.29, 0.717) is 33.1 Å². The van der Waals surface area contributed by atoms with Crippen molar-refractivity contribution in [3.63, 3.8) is 0 Å². The van der Waals surface area contributed by atoms with Gasteiger partial charge in [0.25, 0.3) is 0 Å². The molecular weight excluding hydrogens is 346 g/mol. The van der Waals surface area contributed by atoms with Gasteiger partial charge in [-0.3, -0.25) is 9.59 Å². The molecule has 2 aromatic heterocycles. The number of carbonyl (C=O) groups excluding carboxylic acids is 2. The number of nitrogens with zero attached hydrogens (tertiary/aromatic N) is 3. The van der Waals surface area contributed by atoms with E-state index < -0.39 is 11.9 Å². The molecule has 7 nitrogen and oxygen atoms in total. The summed E-state index contributed by atoms with van der Waals surface area (Å²) in [5.41, 5.74) is 1.58. The fourth-order valence-electron chi connectivity index (χ4n) is 2.54. The van der Waals surface area contributed by atoms with Gasteiger partial charge in [-0.1, -0.05) is 11.6 Å². The van der Waals surface area contributed by atoms with Crippen molar-refractivity contribution in [2.24, 2.45) is 7.05 Å². The van der Waals surface area contributed by atoms with Gasteiger partial charge in [0.05, 0.1) is 11.1 Å². The van der Waals surface area contributed by atoms with Crippen LogP contribution in [0.25, 0.3) is 22.3 Å². The van der Waals surface area contributed by atoms with Gasteiger partial charge in [0, 0.05) is 43.7 Å². The van der Waals surface area contributed by atoms with Crippen LogP contribution in [0.3, 0.4) is 0 Å². The first kappa shape index (κ1) is 16.9. The first-order valence-corrected chi connectivity index (χ1v) is 7.71. The molecule has 0 bridgehead atoms. The Labute approximate surface area is 148 Å². The van der Waals surface area contributed by atoms with Gasteiger partial charge in [0.1, 0.15) is 17.7 Å². The molecule has 0 aliphatic heterocycles. The third-order valence-corrected chi connectivity index (χ3v) is 3.66. The predicted octanol–water partition coefficient (Wildman–Crippen LogP) is 3.14. The van der Waals surface area contributed by atoms with Gasteiger partial charge in [-0.05, 0) is 12.1 Å². The summed E-state index contributed by atoms with van der Waals surface area (Å²) in [5, 5.41) is 0.953. The van der Waals surface area contributed by atoms with Gasteiger partial charge in [-0.15, -0.1) is 0 Å².